The summed E-state index contributed by atoms with van der Waals surface area (Å²) < 4.78 is 10.6. The third-order valence-corrected chi connectivity index (χ3v) is 3.64. The molecule has 20 heavy (non-hydrogen) atoms. The van der Waals surface area contributed by atoms with Gasteiger partial charge in [0.1, 0.15) is 0 Å². The predicted molar refractivity (Wildman–Crippen MR) is 70.2 cm³/mol. The van der Waals surface area contributed by atoms with E-state index in [0.717, 1.165) is 11.3 Å². The van der Waals surface area contributed by atoms with Gasteiger partial charge in [-0.05, 0) is 17.7 Å². The van der Waals surface area contributed by atoms with Gasteiger partial charge in [-0.15, -0.1) is 0 Å². The summed E-state index contributed by atoms with van der Waals surface area (Å²) in [6.07, 6.45) is 0.282. The van der Waals surface area contributed by atoms with Crippen molar-refractivity contribution < 1.29 is 19.1 Å². The Balaban J connectivity index is 1.69. The Morgan fingerprint density at radius 1 is 1.40 bits per heavy atom. The first kappa shape index (κ1) is 12.8. The fraction of sp³-hybridized carbons (Fsp3) is 0.429. The van der Waals surface area contributed by atoms with E-state index in [2.05, 4.69) is 5.32 Å². The minimum atomic E-state index is -0.249. The van der Waals surface area contributed by atoms with Gasteiger partial charge in [0.25, 0.3) is 0 Å². The second kappa shape index (κ2) is 5.03. The van der Waals surface area contributed by atoms with Crippen LogP contribution in [0.25, 0.3) is 0 Å². The molecule has 2 amide bonds. The van der Waals surface area contributed by atoms with Crippen molar-refractivity contribution in [1.29, 1.82) is 0 Å². The van der Waals surface area contributed by atoms with Crippen LogP contribution in [0.5, 0.6) is 11.5 Å². The Labute approximate surface area is 116 Å². The Kier molecular flexibility index (Phi) is 3.22. The molecule has 1 N–H and O–H groups in total. The number of ether oxygens (including phenoxy) is 2. The maximum absolute atomic E-state index is 11.9. The molecule has 2 aliphatic heterocycles. The molecule has 1 atom stereocenters. The molecule has 2 aliphatic rings. The fourth-order valence-electron chi connectivity index (χ4n) is 2.56. The minimum Gasteiger partial charge on any atom is -0.454 e. The topological polar surface area (TPSA) is 67.9 Å². The third kappa shape index (κ3) is 2.29. The number of fused-ring (bicyclic) bond motifs is 1. The van der Waals surface area contributed by atoms with Crippen LogP contribution >= 0.6 is 0 Å². The van der Waals surface area contributed by atoms with Gasteiger partial charge < -0.3 is 19.7 Å². The van der Waals surface area contributed by atoms with Gasteiger partial charge in [0.15, 0.2) is 11.5 Å². The van der Waals surface area contributed by atoms with Crippen molar-refractivity contribution in [2.45, 2.75) is 13.0 Å². The lowest BCUT2D eigenvalue weighted by atomic mass is 10.1. The molecule has 2 heterocycles. The van der Waals surface area contributed by atoms with Crippen LogP contribution in [0.15, 0.2) is 18.2 Å². The van der Waals surface area contributed by atoms with Gasteiger partial charge in [-0.25, -0.2) is 0 Å². The van der Waals surface area contributed by atoms with Crippen molar-refractivity contribution >= 4 is 11.8 Å². The molecule has 1 aromatic rings. The number of amides is 2. The molecular weight excluding hydrogens is 260 g/mol. The van der Waals surface area contributed by atoms with Crippen molar-refractivity contribution in [2.75, 3.05) is 20.4 Å². The number of nitrogens with one attached hydrogen (secondary N) is 1. The van der Waals surface area contributed by atoms with Crippen molar-refractivity contribution in [3.63, 3.8) is 0 Å². The molecular formula is C14H16N2O4. The average molecular weight is 276 g/mol. The van der Waals surface area contributed by atoms with Gasteiger partial charge in [0.05, 0.1) is 5.92 Å². The van der Waals surface area contributed by atoms with Crippen LogP contribution in [0.3, 0.4) is 0 Å². The van der Waals surface area contributed by atoms with Gasteiger partial charge in [-0.1, -0.05) is 6.07 Å². The Morgan fingerprint density at radius 2 is 2.20 bits per heavy atom. The Hall–Kier alpha value is -2.24. The largest absolute Gasteiger partial charge is 0.454 e. The van der Waals surface area contributed by atoms with E-state index in [0.29, 0.717) is 18.8 Å². The van der Waals surface area contributed by atoms with Crippen LogP contribution in [-0.2, 0) is 16.1 Å². The van der Waals surface area contributed by atoms with Gasteiger partial charge in [0, 0.05) is 26.6 Å². The number of hydrogen-bond acceptors (Lipinski definition) is 4. The Bertz CT molecular complexity index is 558. The minimum absolute atomic E-state index is 0.0104. The van der Waals surface area contributed by atoms with E-state index in [4.69, 9.17) is 9.47 Å². The van der Waals surface area contributed by atoms with Gasteiger partial charge >= 0.3 is 0 Å². The second-order valence-electron chi connectivity index (χ2n) is 4.98. The van der Waals surface area contributed by atoms with Crippen molar-refractivity contribution in [2.24, 2.45) is 5.92 Å². The summed E-state index contributed by atoms with van der Waals surface area (Å²) in [6.45, 7) is 1.19. The molecule has 0 spiro atoms. The molecule has 1 unspecified atom stereocenters. The number of nitrogens with zero attached hydrogens (tertiary/aromatic N) is 1. The molecule has 106 valence electrons. The summed E-state index contributed by atoms with van der Waals surface area (Å²) in [4.78, 5) is 25.2. The first-order valence-electron chi connectivity index (χ1n) is 6.55. The smallest absolute Gasteiger partial charge is 0.231 e. The normalized spacial score (nSPS) is 20.4. The quantitative estimate of drug-likeness (QED) is 0.873. The molecule has 1 aromatic carbocycles. The lowest BCUT2D eigenvalue weighted by Crippen LogP contribution is -2.30. The first-order chi connectivity index (χ1) is 9.67. The van der Waals surface area contributed by atoms with Crippen LogP contribution < -0.4 is 14.8 Å². The standard InChI is InChI=1S/C14H16N2O4/c1-15-14(18)10-5-13(17)16(7-10)6-9-2-3-11-12(4-9)20-8-19-11/h2-4,10H,5-8H2,1H3,(H,15,18). The van der Waals surface area contributed by atoms with Crippen LogP contribution in [0, 0.1) is 5.92 Å². The van der Waals surface area contributed by atoms with Crippen molar-refractivity contribution in [1.82, 2.24) is 10.2 Å². The maximum Gasteiger partial charge on any atom is 0.231 e. The highest BCUT2D eigenvalue weighted by molar-refractivity contribution is 5.89. The fourth-order valence-corrected chi connectivity index (χ4v) is 2.56. The molecule has 0 bridgehead atoms. The van der Waals surface area contributed by atoms with E-state index >= 15 is 0 Å². The Morgan fingerprint density at radius 3 is 3.00 bits per heavy atom. The number of benzene rings is 1. The number of carbonyl (C=O) groups excluding carboxylic acids is 2. The molecule has 0 saturated carbocycles. The van der Waals surface area contributed by atoms with E-state index in [9.17, 15) is 9.59 Å². The van der Waals surface area contributed by atoms with Gasteiger partial charge in [-0.3, -0.25) is 9.59 Å². The second-order valence-corrected chi connectivity index (χ2v) is 4.98. The zero-order chi connectivity index (χ0) is 14.1. The molecule has 6 nitrogen and oxygen atoms in total. The lowest BCUT2D eigenvalue weighted by molar-refractivity contribution is -0.129. The highest BCUT2D eigenvalue weighted by atomic mass is 16.7. The average Bonchev–Trinajstić information content (AvgIpc) is 3.05. The van der Waals surface area contributed by atoms with Crippen LogP contribution in [0.1, 0.15) is 12.0 Å². The summed E-state index contributed by atoms with van der Waals surface area (Å²) in [5.41, 5.74) is 0.972. The lowest BCUT2D eigenvalue weighted by Gasteiger charge is -2.16. The summed E-state index contributed by atoms with van der Waals surface area (Å²) in [7, 11) is 1.59. The SMILES string of the molecule is CNC(=O)C1CC(=O)N(Cc2ccc3c(c2)OCO3)C1. The molecule has 0 aliphatic carbocycles. The van der Waals surface area contributed by atoms with E-state index in [-0.39, 0.29) is 30.9 Å². The summed E-state index contributed by atoms with van der Waals surface area (Å²) in [6, 6.07) is 5.63. The summed E-state index contributed by atoms with van der Waals surface area (Å²) in [5.74, 6) is 1.12. The summed E-state index contributed by atoms with van der Waals surface area (Å²) >= 11 is 0. The van der Waals surface area contributed by atoms with E-state index < -0.39 is 0 Å². The third-order valence-electron chi connectivity index (χ3n) is 3.64. The number of carbonyl (C=O) groups is 2. The predicted octanol–water partition coefficient (Wildman–Crippen LogP) is 0.510. The van der Waals surface area contributed by atoms with Crippen molar-refractivity contribution in [3.05, 3.63) is 23.8 Å². The van der Waals surface area contributed by atoms with Crippen LogP contribution in [-0.4, -0.2) is 37.1 Å². The highest BCUT2D eigenvalue weighted by Gasteiger charge is 2.33. The zero-order valence-electron chi connectivity index (χ0n) is 11.2. The van der Waals surface area contributed by atoms with Crippen molar-refractivity contribution in [3.8, 4) is 11.5 Å². The molecule has 0 aromatic heterocycles. The number of likely N-dealkylation sites (tertiary alicyclic amines) is 1. The van der Waals surface area contributed by atoms with Gasteiger partial charge in [-0.2, -0.15) is 0 Å². The monoisotopic (exact) mass is 276 g/mol. The van der Waals surface area contributed by atoms with E-state index in [1.165, 1.54) is 0 Å². The zero-order valence-corrected chi connectivity index (χ0v) is 11.2. The number of hydrogen-bond donors (Lipinski definition) is 1. The molecule has 0 radical (unpaired) electrons. The maximum atomic E-state index is 11.9. The van der Waals surface area contributed by atoms with Crippen LogP contribution in [0.4, 0.5) is 0 Å². The van der Waals surface area contributed by atoms with Crippen LogP contribution in [0.2, 0.25) is 0 Å². The molecule has 1 fully saturated rings. The molecule has 6 heteroatoms. The highest BCUT2D eigenvalue weighted by Crippen LogP contribution is 2.33. The molecule has 3 rings (SSSR count). The summed E-state index contributed by atoms with van der Waals surface area (Å²) in [5, 5.41) is 2.59. The van der Waals surface area contributed by atoms with Gasteiger partial charge in [0.2, 0.25) is 18.6 Å². The number of rotatable bonds is 3. The molecule has 1 saturated heterocycles. The first-order valence-corrected chi connectivity index (χ1v) is 6.55. The van der Waals surface area contributed by atoms with E-state index in [1.807, 2.05) is 18.2 Å². The van der Waals surface area contributed by atoms with E-state index in [1.54, 1.807) is 11.9 Å².